The van der Waals surface area contributed by atoms with E-state index in [9.17, 15) is 73.6 Å². The molecular formula is C45H52N12O17-2. The lowest BCUT2D eigenvalue weighted by Gasteiger charge is -2.28. The molecule has 7 amide bonds. The van der Waals surface area contributed by atoms with Crippen molar-refractivity contribution in [3.63, 3.8) is 0 Å². The van der Waals surface area contributed by atoms with Crippen LogP contribution >= 0.6 is 0 Å². The van der Waals surface area contributed by atoms with Crippen LogP contribution in [0.5, 0.6) is 0 Å². The minimum absolute atomic E-state index is 0.00185. The highest BCUT2D eigenvalue weighted by atomic mass is 16.5. The van der Waals surface area contributed by atoms with Gasteiger partial charge in [0.25, 0.3) is 52.1 Å². The molecule has 0 aliphatic carbocycles. The van der Waals surface area contributed by atoms with Gasteiger partial charge in [0, 0.05) is 57.9 Å². The Morgan fingerprint density at radius 3 is 1.89 bits per heavy atom. The van der Waals surface area contributed by atoms with Gasteiger partial charge in [-0.25, -0.2) is 0 Å². The van der Waals surface area contributed by atoms with Crippen molar-refractivity contribution in [3.8, 4) is 0 Å². The van der Waals surface area contributed by atoms with Crippen molar-refractivity contribution in [1.29, 1.82) is 0 Å². The van der Waals surface area contributed by atoms with E-state index in [1.54, 1.807) is 0 Å². The Hall–Kier alpha value is -8.83. The van der Waals surface area contributed by atoms with E-state index < -0.39 is 129 Å². The molecule has 0 aromatic carbocycles. The van der Waals surface area contributed by atoms with Gasteiger partial charge in [0.2, 0.25) is 11.5 Å². The maximum Gasteiger partial charge on any atom is 0.296 e. The van der Waals surface area contributed by atoms with Crippen LogP contribution in [0.15, 0.2) is 79.8 Å². The second kappa shape index (κ2) is 25.0. The van der Waals surface area contributed by atoms with Gasteiger partial charge in [0.05, 0.1) is 38.5 Å². The van der Waals surface area contributed by atoms with Gasteiger partial charge in [-0.3, -0.25) is 52.7 Å². The van der Waals surface area contributed by atoms with Gasteiger partial charge in [-0.2, -0.15) is 0 Å². The molecular weight excluding hydrogens is 981 g/mol. The summed E-state index contributed by atoms with van der Waals surface area (Å²) in [6.45, 7) is -1.27. The number of nitrogens with zero attached hydrogens (tertiary/aromatic N) is 6. The monoisotopic (exact) mass is 1030 g/mol. The molecule has 3 atom stereocenters. The number of hydrogen-bond acceptors (Lipinski definition) is 18. The standard InChI is InChI=1S/C45H52N12O17/c46-15-22-73-23-17-48-39(62)28-14-21-53(45(68)34-7-4-9-36(59)55(34)70)19-2-1-18-52(44(67)33-6-3-8-35(58)54(33)69)20-5-16-47-40(63)31-12-10-26(42(65)56(31)71)37(60)50-29-24-74-25-30(29)51-38(61)27-11-13-32(41(64)49-28)57(72)43(27)66/h3-4,6-13,28-30,70-71H,1-2,5,14-25,46H2,(H,47,63)(H,48,62)(H,49,64)(H,50,60)(H,51,61)/q-2. The first-order chi connectivity index (χ1) is 35.4. The summed E-state index contributed by atoms with van der Waals surface area (Å²) >= 11 is 0. The van der Waals surface area contributed by atoms with E-state index in [2.05, 4.69) is 26.6 Å². The topological polar surface area (TPSA) is 405 Å². The molecule has 1 fully saturated rings. The lowest BCUT2D eigenvalue weighted by atomic mass is 10.1. The number of carbonyl (C=O) groups excluding carboxylic acids is 7. The largest absolute Gasteiger partial charge is 0.803 e. The molecule has 29 nitrogen and oxygen atoms in total. The van der Waals surface area contributed by atoms with Crippen molar-refractivity contribution in [1.82, 2.24) is 55.3 Å². The van der Waals surface area contributed by atoms with Crippen molar-refractivity contribution in [2.75, 3.05) is 72.2 Å². The molecule has 4 bridgehead atoms. The van der Waals surface area contributed by atoms with Gasteiger partial charge >= 0.3 is 0 Å². The first-order valence-corrected chi connectivity index (χ1v) is 23.1. The van der Waals surface area contributed by atoms with E-state index in [0.717, 1.165) is 53.4 Å². The lowest BCUT2D eigenvalue weighted by molar-refractivity contribution is -0.123. The van der Waals surface area contributed by atoms with Crippen LogP contribution in [0.1, 0.15) is 88.4 Å². The predicted molar refractivity (Wildman–Crippen MR) is 255 cm³/mol. The molecule has 1 saturated heterocycles. The van der Waals surface area contributed by atoms with Crippen LogP contribution in [-0.4, -0.2) is 171 Å². The van der Waals surface area contributed by atoms with Gasteiger partial charge in [-0.1, -0.05) is 12.1 Å². The molecule has 396 valence electrons. The van der Waals surface area contributed by atoms with Gasteiger partial charge < -0.3 is 81.9 Å². The third kappa shape index (κ3) is 13.0. The molecule has 8 heterocycles. The molecule has 4 aliphatic heterocycles. The van der Waals surface area contributed by atoms with Crippen LogP contribution in [0.3, 0.4) is 0 Å². The number of aromatic nitrogens is 4. The Kier molecular flexibility index (Phi) is 18.4. The number of carbonyl (C=O) groups is 7. The summed E-state index contributed by atoms with van der Waals surface area (Å²) in [5, 5.41) is 59.7. The second-order valence-electron chi connectivity index (χ2n) is 16.7. The van der Waals surface area contributed by atoms with Crippen molar-refractivity contribution in [3.05, 3.63) is 146 Å². The second-order valence-corrected chi connectivity index (χ2v) is 16.7. The summed E-state index contributed by atoms with van der Waals surface area (Å²) in [5.74, 6) is -7.07. The quantitative estimate of drug-likeness (QED) is 0.0620. The molecule has 0 radical (unpaired) electrons. The molecule has 3 unspecified atom stereocenters. The first-order valence-electron chi connectivity index (χ1n) is 23.1. The Morgan fingerprint density at radius 2 is 1.23 bits per heavy atom. The van der Waals surface area contributed by atoms with Crippen LogP contribution in [0.4, 0.5) is 0 Å². The summed E-state index contributed by atoms with van der Waals surface area (Å²) in [4.78, 5) is 149. The Morgan fingerprint density at radius 1 is 0.649 bits per heavy atom. The third-order valence-electron chi connectivity index (χ3n) is 11.7. The van der Waals surface area contributed by atoms with Crippen LogP contribution in [-0.2, 0) is 14.3 Å². The Balaban J connectivity index is 1.34. The fourth-order valence-electron chi connectivity index (χ4n) is 7.80. The van der Waals surface area contributed by atoms with Gasteiger partial charge in [-0.15, -0.1) is 9.46 Å². The fraction of sp³-hybridized carbons (Fsp3) is 0.400. The van der Waals surface area contributed by atoms with Gasteiger partial charge in [0.1, 0.15) is 39.9 Å². The average Bonchev–Trinajstić information content (AvgIpc) is 3.81. The number of fused-ring (bicyclic) bond motifs is 2. The molecule has 29 heteroatoms. The summed E-state index contributed by atoms with van der Waals surface area (Å²) in [6.07, 6.45) is -0.281. The van der Waals surface area contributed by atoms with Gasteiger partial charge in [-0.05, 0) is 62.1 Å². The lowest BCUT2D eigenvalue weighted by Crippen LogP contribution is -2.52. The minimum Gasteiger partial charge on any atom is -0.803 e. The zero-order chi connectivity index (χ0) is 53.6. The normalized spacial score (nSPS) is 18.6. The highest BCUT2D eigenvalue weighted by Crippen LogP contribution is 2.13. The van der Waals surface area contributed by atoms with Crippen molar-refractivity contribution in [2.24, 2.45) is 5.73 Å². The van der Waals surface area contributed by atoms with Crippen molar-refractivity contribution >= 4 is 41.4 Å². The van der Waals surface area contributed by atoms with E-state index in [1.807, 2.05) is 0 Å². The first kappa shape index (κ1) is 54.5. The molecule has 4 aliphatic rings. The van der Waals surface area contributed by atoms with Crippen LogP contribution in [0.2, 0.25) is 0 Å². The fourth-order valence-corrected chi connectivity index (χ4v) is 7.80. The number of hydrogen-bond donors (Lipinski definition) is 8. The molecule has 4 aromatic rings. The summed E-state index contributed by atoms with van der Waals surface area (Å²) in [7, 11) is 0. The number of rotatable bonds is 8. The van der Waals surface area contributed by atoms with E-state index in [4.69, 9.17) is 15.2 Å². The minimum atomic E-state index is -1.56. The van der Waals surface area contributed by atoms with Crippen LogP contribution in [0.25, 0.3) is 0 Å². The highest BCUT2D eigenvalue weighted by molar-refractivity contribution is 5.99. The summed E-state index contributed by atoms with van der Waals surface area (Å²) in [5.41, 5.74) is -3.18. The molecule has 8 rings (SSSR count). The van der Waals surface area contributed by atoms with Crippen molar-refractivity contribution in [2.45, 2.75) is 43.8 Å². The number of nitrogens with one attached hydrogen (secondary N) is 5. The SMILES string of the molecule is NCCOCCNC(=O)C1CCN(C(=O)c2cccc(=O)n2O)CCCCN(C(=O)c2cccc(=O)n2[O-])CCCNC(=O)c2ccc(c(=O)n2O)C(=O)NC2COCC2NC(=O)c2ccc(n([O-])c2=O)C(=O)N1. The maximum absolute atomic E-state index is 14.1. The summed E-state index contributed by atoms with van der Waals surface area (Å²) in [6, 6.07) is 6.61. The van der Waals surface area contributed by atoms with Crippen LogP contribution < -0.4 is 54.6 Å². The zero-order valence-electron chi connectivity index (χ0n) is 39.4. The van der Waals surface area contributed by atoms with E-state index in [0.29, 0.717) is 0 Å². The molecule has 0 saturated carbocycles. The predicted octanol–water partition coefficient (Wildman–Crippen LogP) is -3.79. The Bertz CT molecular complexity index is 3020. The van der Waals surface area contributed by atoms with E-state index in [1.165, 1.54) is 17.0 Å². The third-order valence-corrected chi connectivity index (χ3v) is 11.7. The zero-order valence-corrected chi connectivity index (χ0v) is 39.4. The molecule has 0 spiro atoms. The smallest absolute Gasteiger partial charge is 0.296 e. The Labute approximate surface area is 417 Å². The van der Waals surface area contributed by atoms with Gasteiger partial charge in [0.15, 0.2) is 0 Å². The number of nitrogens with two attached hydrogens (primary N) is 1. The number of pyridine rings is 4. The average molecular weight is 1030 g/mol. The molecule has 4 aromatic heterocycles. The highest BCUT2D eigenvalue weighted by Gasteiger charge is 2.34. The van der Waals surface area contributed by atoms with E-state index >= 15 is 0 Å². The van der Waals surface area contributed by atoms with Crippen LogP contribution in [0, 0.1) is 10.4 Å². The number of ether oxygens (including phenoxy) is 2. The maximum atomic E-state index is 14.1. The summed E-state index contributed by atoms with van der Waals surface area (Å²) < 4.78 is 10.3. The van der Waals surface area contributed by atoms with E-state index in [-0.39, 0.29) is 104 Å². The molecule has 74 heavy (non-hydrogen) atoms. The number of amides is 7. The molecule has 9 N–H and O–H groups in total. The van der Waals surface area contributed by atoms with Crippen molar-refractivity contribution < 1.29 is 53.4 Å².